The third-order valence-electron chi connectivity index (χ3n) is 8.87. The van der Waals surface area contributed by atoms with Gasteiger partial charge in [-0.25, -0.2) is 0 Å². The summed E-state index contributed by atoms with van der Waals surface area (Å²) in [6, 6.07) is 17.3. The molecule has 0 saturated heterocycles. The Balaban J connectivity index is 0.00000353. The van der Waals surface area contributed by atoms with E-state index in [-0.39, 0.29) is 46.5 Å². The molecule has 2 atom stereocenters. The van der Waals surface area contributed by atoms with Gasteiger partial charge in [-0.05, 0) is 0 Å². The zero-order valence-corrected chi connectivity index (χ0v) is 34.2. The zero-order chi connectivity index (χ0) is 32.1. The molecule has 0 aromatic heterocycles. The molecule has 5 heteroatoms. The van der Waals surface area contributed by atoms with Crippen LogP contribution in [0, 0.1) is 33.5 Å². The second kappa shape index (κ2) is 14.3. The van der Waals surface area contributed by atoms with Gasteiger partial charge >= 0.3 is 276 Å². The molecule has 2 aromatic carbocycles. The van der Waals surface area contributed by atoms with Crippen molar-refractivity contribution in [3.05, 3.63) is 89.5 Å². The third kappa shape index (κ3) is 8.13. The van der Waals surface area contributed by atoms with Crippen LogP contribution < -0.4 is 9.47 Å². The van der Waals surface area contributed by atoms with Crippen LogP contribution in [-0.2, 0) is 23.2 Å². The van der Waals surface area contributed by atoms with Crippen molar-refractivity contribution in [2.24, 2.45) is 33.5 Å². The Morgan fingerprint density at radius 1 is 0.511 bits per heavy atom. The molecule has 0 spiro atoms. The van der Waals surface area contributed by atoms with Crippen LogP contribution in [0.4, 0.5) is 0 Å². The van der Waals surface area contributed by atoms with Gasteiger partial charge in [0, 0.05) is 0 Å². The number of halogens is 2. The van der Waals surface area contributed by atoms with E-state index in [1.807, 2.05) is 14.2 Å². The van der Waals surface area contributed by atoms with E-state index < -0.39 is 23.2 Å². The Morgan fingerprint density at radius 2 is 0.822 bits per heavy atom. The van der Waals surface area contributed by atoms with Crippen LogP contribution in [0.2, 0.25) is 0 Å². The number of allylic oxidation sites excluding steroid dienone is 8. The van der Waals surface area contributed by atoms with E-state index in [4.69, 9.17) is 9.47 Å². The fourth-order valence-corrected chi connectivity index (χ4v) is 12.5. The summed E-state index contributed by atoms with van der Waals surface area (Å²) in [6.45, 7) is 28.7. The third-order valence-corrected chi connectivity index (χ3v) is 13.0. The average Bonchev–Trinajstić information content (AvgIpc) is 3.48. The summed E-state index contributed by atoms with van der Waals surface area (Å²) in [5, 5.41) is 0. The van der Waals surface area contributed by atoms with Crippen LogP contribution >= 0.6 is 24.8 Å². The maximum absolute atomic E-state index is 6.03. The van der Waals surface area contributed by atoms with Gasteiger partial charge in [-0.3, -0.25) is 0 Å². The van der Waals surface area contributed by atoms with Gasteiger partial charge in [-0.1, -0.05) is 0 Å². The summed E-state index contributed by atoms with van der Waals surface area (Å²) in [7, 11) is 3.62. The van der Waals surface area contributed by atoms with Crippen molar-refractivity contribution in [1.29, 1.82) is 0 Å². The van der Waals surface area contributed by atoms with Crippen LogP contribution in [0.1, 0.15) is 94.2 Å². The van der Waals surface area contributed by atoms with Gasteiger partial charge in [0.25, 0.3) is 0 Å². The molecule has 0 N–H and O–H groups in total. The Morgan fingerprint density at radius 3 is 1.09 bits per heavy atom. The summed E-state index contributed by atoms with van der Waals surface area (Å²) in [6.07, 6.45) is 5.25. The summed E-state index contributed by atoms with van der Waals surface area (Å²) in [5.74, 6) is 2.67. The maximum Gasteiger partial charge on any atom is -0.147 e. The van der Waals surface area contributed by atoms with Crippen molar-refractivity contribution in [2.45, 2.75) is 83.1 Å². The van der Waals surface area contributed by atoms with Gasteiger partial charge in [0.2, 0.25) is 0 Å². The number of benzene rings is 2. The molecule has 2 nitrogen and oxygen atoms in total. The number of rotatable bonds is 6. The molecule has 0 aliphatic heterocycles. The number of hydrogen-bond acceptors (Lipinski definition) is 2. The van der Waals surface area contributed by atoms with E-state index in [1.54, 1.807) is 6.56 Å². The summed E-state index contributed by atoms with van der Waals surface area (Å²) < 4.78 is 15.4. The van der Waals surface area contributed by atoms with Crippen LogP contribution in [0.25, 0.3) is 11.1 Å². The number of ether oxygens (including phenoxy) is 2. The Bertz CT molecular complexity index is 1380. The normalized spacial score (nSPS) is 19.1. The largest absolute Gasteiger partial charge is 0.147 e. The predicted octanol–water partition coefficient (Wildman–Crippen LogP) is 12.0. The van der Waals surface area contributed by atoms with Crippen molar-refractivity contribution >= 4 is 36.0 Å². The van der Waals surface area contributed by atoms with Gasteiger partial charge in [-0.15, -0.1) is 24.8 Å². The van der Waals surface area contributed by atoms with Crippen molar-refractivity contribution in [1.82, 2.24) is 0 Å². The molecule has 2 aliphatic carbocycles. The number of hydrogen-bond donors (Lipinski definition) is 0. The Hall–Kier alpha value is -1.54. The monoisotopic (exact) mass is 728 g/mol. The zero-order valence-electron chi connectivity index (χ0n) is 30.1. The minimum absolute atomic E-state index is 0. The van der Waals surface area contributed by atoms with Crippen molar-refractivity contribution in [3.63, 3.8) is 0 Å². The van der Waals surface area contributed by atoms with Gasteiger partial charge in [0.1, 0.15) is 0 Å². The van der Waals surface area contributed by atoms with Crippen LogP contribution in [0.5, 0.6) is 11.5 Å². The SMILES string of the molecule is COc1ccccc1C1=[C]([Zr][C]2=C(c3ccccc3OC)C(C(C)(C)C)=CC2C(C)(C)C)C(C(C)(C)C)C=C1C(C)(C)C.Cl.Cl. The minimum atomic E-state index is -1.37. The van der Waals surface area contributed by atoms with Crippen LogP contribution in [0.3, 0.4) is 0 Å². The number of para-hydroxylation sites is 2. The molecule has 0 heterocycles. The van der Waals surface area contributed by atoms with Gasteiger partial charge in [0.15, 0.2) is 0 Å². The molecule has 0 amide bonds. The van der Waals surface area contributed by atoms with Gasteiger partial charge < -0.3 is 0 Å². The fourth-order valence-electron chi connectivity index (χ4n) is 6.59. The van der Waals surface area contributed by atoms with Gasteiger partial charge in [-0.2, -0.15) is 0 Å². The fraction of sp³-hybridized carbons (Fsp3) is 0.500. The number of methoxy groups -OCH3 is 2. The van der Waals surface area contributed by atoms with Crippen molar-refractivity contribution in [3.8, 4) is 11.5 Å². The first kappa shape index (κ1) is 39.6. The molecule has 2 aliphatic rings. The first-order valence-electron chi connectivity index (χ1n) is 15.8. The van der Waals surface area contributed by atoms with Crippen molar-refractivity contribution in [2.75, 3.05) is 14.2 Å². The van der Waals surface area contributed by atoms with E-state index in [0.717, 1.165) is 11.5 Å². The molecular formula is C40H56Cl2O2Zr. The van der Waals surface area contributed by atoms with E-state index in [2.05, 4.69) is 144 Å². The maximum atomic E-state index is 6.03. The van der Waals surface area contributed by atoms with Crippen LogP contribution in [0.15, 0.2) is 78.4 Å². The summed E-state index contributed by atoms with van der Waals surface area (Å²) in [4.78, 5) is 0. The molecule has 45 heavy (non-hydrogen) atoms. The molecule has 0 bridgehead atoms. The molecule has 0 fully saturated rings. The molecule has 0 saturated carbocycles. The van der Waals surface area contributed by atoms with E-state index in [0.29, 0.717) is 11.8 Å². The molecule has 246 valence electrons. The Labute approximate surface area is 298 Å². The summed E-state index contributed by atoms with van der Waals surface area (Å²) in [5.41, 5.74) is 8.49. The average molecular weight is 731 g/mol. The minimum Gasteiger partial charge on any atom is -0.147 e. The van der Waals surface area contributed by atoms with Crippen LogP contribution in [-0.4, -0.2) is 14.2 Å². The predicted molar refractivity (Wildman–Crippen MR) is 195 cm³/mol. The first-order valence-corrected chi connectivity index (χ1v) is 18.2. The molecule has 0 radical (unpaired) electrons. The second-order valence-corrected chi connectivity index (χ2v) is 19.7. The molecule has 2 unspecified atom stereocenters. The van der Waals surface area contributed by atoms with Gasteiger partial charge in [0.05, 0.1) is 0 Å². The topological polar surface area (TPSA) is 18.5 Å². The second-order valence-electron chi connectivity index (χ2n) is 16.5. The quantitative estimate of drug-likeness (QED) is 0.295. The smallest absolute Gasteiger partial charge is 0.147 e. The van der Waals surface area contributed by atoms with E-state index >= 15 is 0 Å². The van der Waals surface area contributed by atoms with E-state index in [1.165, 1.54) is 33.4 Å². The van der Waals surface area contributed by atoms with Crippen molar-refractivity contribution < 1.29 is 32.7 Å². The first-order chi connectivity index (χ1) is 19.8. The van der Waals surface area contributed by atoms with E-state index in [9.17, 15) is 0 Å². The molecule has 4 rings (SSSR count). The Kier molecular flexibility index (Phi) is 12.6. The molecule has 2 aromatic rings. The standard InChI is InChI=1S/2C20H27O.2ClH.Zr/c2*1-19(2,3)14-12-16(17(13-14)20(4,5)6)15-10-8-9-11-18(15)21-7;;;/h2*8-11,13-14H,1-7H3;2*1H;. The summed E-state index contributed by atoms with van der Waals surface area (Å²) >= 11 is -1.37. The molecular weight excluding hydrogens is 675 g/mol.